The predicted molar refractivity (Wildman–Crippen MR) is 195 cm³/mol. The van der Waals surface area contributed by atoms with Gasteiger partial charge in [0.2, 0.25) is 0 Å². The van der Waals surface area contributed by atoms with Crippen LogP contribution in [-0.2, 0) is 5.41 Å². The first-order chi connectivity index (χ1) is 23.3. The number of para-hydroxylation sites is 1. The van der Waals surface area contributed by atoms with E-state index in [4.69, 9.17) is 15.0 Å². The second-order valence-corrected chi connectivity index (χ2v) is 13.1. The van der Waals surface area contributed by atoms with Crippen LogP contribution in [0.25, 0.3) is 72.8 Å². The lowest BCUT2D eigenvalue weighted by atomic mass is 9.86. The minimum absolute atomic E-state index is 0.0380. The Kier molecular flexibility index (Phi) is 7.18. The van der Waals surface area contributed by atoms with Gasteiger partial charge in [0, 0.05) is 33.0 Å². The normalized spacial score (nSPS) is 11.8. The van der Waals surface area contributed by atoms with E-state index >= 15 is 0 Å². The molecule has 0 aliphatic heterocycles. The fourth-order valence-corrected chi connectivity index (χ4v) is 6.36. The summed E-state index contributed by atoms with van der Waals surface area (Å²) in [7, 11) is 0. The molecule has 2 heterocycles. The number of fused-ring (bicyclic) bond motifs is 3. The highest BCUT2D eigenvalue weighted by Gasteiger charge is 2.21. The smallest absolute Gasteiger partial charge is 0.164 e. The van der Waals surface area contributed by atoms with Gasteiger partial charge in [0.25, 0.3) is 0 Å². The molecule has 6 aromatic carbocycles. The summed E-state index contributed by atoms with van der Waals surface area (Å²) >= 11 is 0. The van der Waals surface area contributed by atoms with Crippen LogP contribution < -0.4 is 0 Å². The van der Waals surface area contributed by atoms with Crippen molar-refractivity contribution in [1.82, 2.24) is 19.5 Å². The number of hydrogen-bond donors (Lipinski definition) is 0. The molecule has 0 fully saturated rings. The van der Waals surface area contributed by atoms with E-state index in [0.717, 1.165) is 44.5 Å². The minimum Gasteiger partial charge on any atom is -0.309 e. The summed E-state index contributed by atoms with van der Waals surface area (Å²) in [6.07, 6.45) is 0. The van der Waals surface area contributed by atoms with Crippen LogP contribution in [0.5, 0.6) is 0 Å². The first kappa shape index (κ1) is 29.5. The van der Waals surface area contributed by atoms with Gasteiger partial charge in [0.1, 0.15) is 5.82 Å². The molecule has 4 nitrogen and oxygen atoms in total. The van der Waals surface area contributed by atoms with Crippen molar-refractivity contribution in [2.75, 3.05) is 0 Å². The number of hydrogen-bond acceptors (Lipinski definition) is 3. The third kappa shape index (κ3) is 5.33. The SMILES string of the molecule is CC(C)(C)c1ccc2c3ccccc3n(-c3cc(-c4nc(-c5ccccc5)nc(-c5ccccc5)n4)ccc3-c3ccc(F)cc3)c2c1. The maximum Gasteiger partial charge on any atom is 0.164 e. The standard InChI is InChI=1S/C43H33FN4/c1-43(2,3)32-21-25-36-35-16-10-11-17-37(35)48(39(36)27-32)38-26-31(20-24-34(38)28-18-22-33(44)23-19-28)42-46-40(29-12-6-4-7-13-29)45-41(47-42)30-14-8-5-9-15-30/h4-27H,1-3H3. The number of nitrogens with zero attached hydrogens (tertiary/aromatic N) is 4. The van der Waals surface area contributed by atoms with Crippen LogP contribution in [0.2, 0.25) is 0 Å². The highest BCUT2D eigenvalue weighted by Crippen LogP contribution is 2.39. The number of halogens is 1. The van der Waals surface area contributed by atoms with E-state index in [1.165, 1.54) is 28.5 Å². The van der Waals surface area contributed by atoms with Crippen molar-refractivity contribution >= 4 is 21.8 Å². The molecule has 0 amide bonds. The minimum atomic E-state index is -0.268. The largest absolute Gasteiger partial charge is 0.309 e. The van der Waals surface area contributed by atoms with Crippen molar-refractivity contribution in [3.63, 3.8) is 0 Å². The molecule has 5 heteroatoms. The molecule has 8 aromatic rings. The molecular formula is C43H33FN4. The van der Waals surface area contributed by atoms with Gasteiger partial charge in [-0.1, -0.05) is 136 Å². The quantitative estimate of drug-likeness (QED) is 0.191. The van der Waals surface area contributed by atoms with Crippen LogP contribution in [0.1, 0.15) is 26.3 Å². The van der Waals surface area contributed by atoms with Gasteiger partial charge in [-0.2, -0.15) is 0 Å². The molecule has 232 valence electrons. The van der Waals surface area contributed by atoms with Gasteiger partial charge in [-0.3, -0.25) is 0 Å². The molecule has 0 N–H and O–H groups in total. The summed E-state index contributed by atoms with van der Waals surface area (Å²) in [4.78, 5) is 14.9. The molecule has 0 radical (unpaired) electrons. The fraction of sp³-hybridized carbons (Fsp3) is 0.0930. The third-order valence-electron chi connectivity index (χ3n) is 8.89. The van der Waals surface area contributed by atoms with Crippen LogP contribution in [0.15, 0.2) is 146 Å². The van der Waals surface area contributed by atoms with Crippen molar-refractivity contribution in [1.29, 1.82) is 0 Å². The van der Waals surface area contributed by atoms with E-state index in [1.54, 1.807) is 0 Å². The Hall–Kier alpha value is -5.94. The highest BCUT2D eigenvalue weighted by molar-refractivity contribution is 6.10. The van der Waals surface area contributed by atoms with Crippen LogP contribution in [-0.4, -0.2) is 19.5 Å². The Balaban J connectivity index is 1.43. The van der Waals surface area contributed by atoms with Crippen LogP contribution in [0.3, 0.4) is 0 Å². The molecule has 0 saturated carbocycles. The number of aromatic nitrogens is 4. The summed E-state index contributed by atoms with van der Waals surface area (Å²) in [5, 5.41) is 2.34. The second-order valence-electron chi connectivity index (χ2n) is 13.1. The van der Waals surface area contributed by atoms with Gasteiger partial charge in [0.15, 0.2) is 17.5 Å². The van der Waals surface area contributed by atoms with Gasteiger partial charge in [-0.25, -0.2) is 19.3 Å². The van der Waals surface area contributed by atoms with Gasteiger partial charge in [0.05, 0.1) is 16.7 Å². The van der Waals surface area contributed by atoms with Crippen molar-refractivity contribution in [2.24, 2.45) is 0 Å². The zero-order valence-electron chi connectivity index (χ0n) is 27.0. The maximum atomic E-state index is 14.2. The van der Waals surface area contributed by atoms with Gasteiger partial charge >= 0.3 is 0 Å². The topological polar surface area (TPSA) is 43.6 Å². The van der Waals surface area contributed by atoms with E-state index in [1.807, 2.05) is 72.8 Å². The van der Waals surface area contributed by atoms with Crippen LogP contribution >= 0.6 is 0 Å². The fourth-order valence-electron chi connectivity index (χ4n) is 6.36. The summed E-state index contributed by atoms with van der Waals surface area (Å²) in [5.41, 5.74) is 8.94. The van der Waals surface area contributed by atoms with Gasteiger partial charge in [-0.05, 0) is 46.9 Å². The van der Waals surface area contributed by atoms with E-state index in [2.05, 4.69) is 86.0 Å². The lowest BCUT2D eigenvalue weighted by molar-refractivity contribution is 0.591. The van der Waals surface area contributed by atoms with Crippen LogP contribution in [0.4, 0.5) is 4.39 Å². The Morgan fingerprint density at radius 1 is 0.479 bits per heavy atom. The number of rotatable bonds is 5. The Morgan fingerprint density at radius 3 is 1.65 bits per heavy atom. The molecule has 48 heavy (non-hydrogen) atoms. The number of benzene rings is 6. The summed E-state index contributed by atoms with van der Waals surface area (Å²) in [6, 6.07) is 48.3. The molecule has 0 unspecified atom stereocenters. The van der Waals surface area contributed by atoms with Crippen molar-refractivity contribution < 1.29 is 4.39 Å². The molecule has 0 aliphatic rings. The Bertz CT molecular complexity index is 2370. The first-order valence-corrected chi connectivity index (χ1v) is 16.1. The predicted octanol–water partition coefficient (Wildman–Crippen LogP) is 11.1. The molecular weight excluding hydrogens is 591 g/mol. The lowest BCUT2D eigenvalue weighted by Gasteiger charge is -2.20. The van der Waals surface area contributed by atoms with E-state index < -0.39 is 0 Å². The average Bonchev–Trinajstić information content (AvgIpc) is 3.45. The molecule has 0 spiro atoms. The molecule has 2 aromatic heterocycles. The van der Waals surface area contributed by atoms with Crippen molar-refractivity contribution in [2.45, 2.75) is 26.2 Å². The monoisotopic (exact) mass is 624 g/mol. The van der Waals surface area contributed by atoms with E-state index in [9.17, 15) is 4.39 Å². The van der Waals surface area contributed by atoms with E-state index in [0.29, 0.717) is 17.5 Å². The Labute approximate surface area is 279 Å². The maximum absolute atomic E-state index is 14.2. The van der Waals surface area contributed by atoms with E-state index in [-0.39, 0.29) is 11.2 Å². The molecule has 0 saturated heterocycles. The van der Waals surface area contributed by atoms with Crippen molar-refractivity contribution in [3.8, 4) is 51.0 Å². The zero-order chi connectivity index (χ0) is 32.8. The second kappa shape index (κ2) is 11.7. The summed E-state index contributed by atoms with van der Waals surface area (Å²) in [6.45, 7) is 6.71. The summed E-state index contributed by atoms with van der Waals surface area (Å²) < 4.78 is 16.5. The Morgan fingerprint density at radius 2 is 1.02 bits per heavy atom. The van der Waals surface area contributed by atoms with Crippen molar-refractivity contribution in [3.05, 3.63) is 157 Å². The lowest BCUT2D eigenvalue weighted by Crippen LogP contribution is -2.11. The molecule has 0 atom stereocenters. The molecule has 0 aliphatic carbocycles. The highest BCUT2D eigenvalue weighted by atomic mass is 19.1. The van der Waals surface area contributed by atoms with Crippen LogP contribution in [0, 0.1) is 5.82 Å². The van der Waals surface area contributed by atoms with Gasteiger partial charge < -0.3 is 4.57 Å². The zero-order valence-corrected chi connectivity index (χ0v) is 27.0. The summed E-state index contributed by atoms with van der Waals surface area (Å²) in [5.74, 6) is 1.52. The van der Waals surface area contributed by atoms with Gasteiger partial charge in [-0.15, -0.1) is 0 Å². The third-order valence-corrected chi connectivity index (χ3v) is 8.89. The molecule has 0 bridgehead atoms. The molecule has 8 rings (SSSR count). The average molecular weight is 625 g/mol. The first-order valence-electron chi connectivity index (χ1n) is 16.1.